The number of rotatable bonds is 25. The van der Waals surface area contributed by atoms with Gasteiger partial charge in [0, 0.05) is 55.7 Å². The SMILES string of the molecule is C=CCC1C(=O)N(CC=C)C(=O)N(CC=C)C1=O.O=c1n(CCCSCCO)c(=O)n(CCCSCCO)c(=O)n1CCCSCCO.OCCS. The number of aromatic nitrogens is 3. The molecule has 0 aliphatic carbocycles. The molecule has 1 aliphatic heterocycles. The maximum atomic E-state index is 12.8. The number of hydrogen-bond acceptors (Lipinski definition) is 14. The summed E-state index contributed by atoms with van der Waals surface area (Å²) in [6, 6.07) is -0.620. The van der Waals surface area contributed by atoms with Gasteiger partial charge >= 0.3 is 23.1 Å². The van der Waals surface area contributed by atoms with Crippen molar-refractivity contribution in [3.05, 3.63) is 69.4 Å². The van der Waals surface area contributed by atoms with Crippen molar-refractivity contribution in [1.29, 1.82) is 0 Å². The van der Waals surface area contributed by atoms with Gasteiger partial charge in [0.25, 0.3) is 0 Å². The first kappa shape index (κ1) is 49.5. The van der Waals surface area contributed by atoms with Crippen LogP contribution < -0.4 is 17.1 Å². The topological polar surface area (TPSA) is 205 Å². The Labute approximate surface area is 323 Å². The lowest BCUT2D eigenvalue weighted by atomic mass is 9.99. The zero-order valence-electron chi connectivity index (χ0n) is 29.7. The van der Waals surface area contributed by atoms with Crippen molar-refractivity contribution in [2.75, 3.05) is 79.8 Å². The van der Waals surface area contributed by atoms with E-state index in [-0.39, 0.29) is 65.6 Å². The molecule has 19 heteroatoms. The number of urea groups is 1. The standard InChI is InChI=1S/C18H33N3O6S3.C13H16N2O3.C2H6OS/c22-7-13-28-10-1-4-19-16(25)20(5-2-11-29-14-8-23)18(27)21(17(19)26)6-3-12-30-15-9-24;1-4-7-10-11(16)14(8-5-2)13(18)15(9-6-3)12(10)17;3-1-2-4/h22-24H,1-15H2;4-6,10H,1-3,7-9H2;3-4H,1-2H2. The summed E-state index contributed by atoms with van der Waals surface area (Å²) in [7, 11) is 0. The Balaban J connectivity index is 0.000000997. The summed E-state index contributed by atoms with van der Waals surface area (Å²) in [5, 5.41) is 34.3. The van der Waals surface area contributed by atoms with Gasteiger partial charge in [-0.25, -0.2) is 32.9 Å². The highest BCUT2D eigenvalue weighted by Crippen LogP contribution is 2.21. The van der Waals surface area contributed by atoms with Crippen LogP contribution in [0.4, 0.5) is 4.79 Å². The quantitative estimate of drug-likeness (QED) is 0.0402. The van der Waals surface area contributed by atoms with Gasteiger partial charge in [-0.05, 0) is 42.9 Å². The van der Waals surface area contributed by atoms with E-state index in [1.165, 1.54) is 18.2 Å². The minimum atomic E-state index is -0.875. The first-order valence-corrected chi connectivity index (χ1v) is 20.9. The van der Waals surface area contributed by atoms with Crippen molar-refractivity contribution < 1.29 is 34.8 Å². The van der Waals surface area contributed by atoms with Crippen molar-refractivity contribution in [1.82, 2.24) is 23.5 Å². The van der Waals surface area contributed by atoms with Crippen LogP contribution in [0.1, 0.15) is 25.7 Å². The van der Waals surface area contributed by atoms with Crippen LogP contribution in [0, 0.1) is 5.92 Å². The highest BCUT2D eigenvalue weighted by Gasteiger charge is 2.44. The number of carbonyl (C=O) groups excluding carboxylic acids is 3. The summed E-state index contributed by atoms with van der Waals surface area (Å²) < 4.78 is 3.42. The Bertz CT molecular complexity index is 1210. The second-order valence-corrected chi connectivity index (χ2v) is 14.8. The third-order valence-corrected chi connectivity index (χ3v) is 10.2. The second-order valence-electron chi connectivity index (χ2n) is 10.7. The molecule has 1 aliphatic rings. The van der Waals surface area contributed by atoms with Gasteiger partial charge in [-0.1, -0.05) is 18.2 Å². The fourth-order valence-electron chi connectivity index (χ4n) is 4.51. The van der Waals surface area contributed by atoms with Crippen LogP contribution in [-0.4, -0.2) is 142 Å². The molecule has 1 saturated heterocycles. The first-order valence-electron chi connectivity index (χ1n) is 16.8. The molecular formula is C33H55N5O10S4. The Morgan fingerprint density at radius 2 is 0.885 bits per heavy atom. The highest BCUT2D eigenvalue weighted by atomic mass is 32.2. The molecule has 0 unspecified atom stereocenters. The fraction of sp³-hybridized carbons (Fsp3) is 0.636. The van der Waals surface area contributed by atoms with Crippen molar-refractivity contribution in [2.24, 2.45) is 5.92 Å². The Hall–Kier alpha value is -2.52. The van der Waals surface area contributed by atoms with Gasteiger partial charge in [0.15, 0.2) is 0 Å². The average Bonchev–Trinajstić information content (AvgIpc) is 3.14. The number of aliphatic hydroxyl groups excluding tert-OH is 4. The van der Waals surface area contributed by atoms with Crippen LogP contribution in [0.2, 0.25) is 0 Å². The third-order valence-electron chi connectivity index (χ3n) is 6.82. The van der Waals surface area contributed by atoms with E-state index in [9.17, 15) is 28.8 Å². The van der Waals surface area contributed by atoms with Crippen molar-refractivity contribution >= 4 is 65.8 Å². The zero-order chi connectivity index (χ0) is 39.3. The molecule has 0 aromatic carbocycles. The monoisotopic (exact) mass is 809 g/mol. The molecule has 0 radical (unpaired) electrons. The summed E-state index contributed by atoms with van der Waals surface area (Å²) in [6.07, 6.45) is 6.39. The maximum Gasteiger partial charge on any atom is 0.336 e. The number of nitrogens with zero attached hydrogens (tertiary/aromatic N) is 5. The number of thiol groups is 1. The number of barbiturate groups is 1. The van der Waals surface area contributed by atoms with Crippen LogP contribution in [0.25, 0.3) is 0 Å². The highest BCUT2D eigenvalue weighted by molar-refractivity contribution is 7.99. The molecule has 1 aromatic heterocycles. The molecule has 2 heterocycles. The Kier molecular flexibility index (Phi) is 29.4. The van der Waals surface area contributed by atoms with Crippen LogP contribution in [0.5, 0.6) is 0 Å². The molecule has 1 aromatic rings. The summed E-state index contributed by atoms with van der Waals surface area (Å²) in [6.45, 7) is 11.8. The van der Waals surface area contributed by atoms with Crippen LogP contribution in [-0.2, 0) is 29.2 Å². The second kappa shape index (κ2) is 30.9. The van der Waals surface area contributed by atoms with E-state index < -0.39 is 40.8 Å². The molecular weight excluding hydrogens is 755 g/mol. The summed E-state index contributed by atoms with van der Waals surface area (Å²) in [4.78, 5) is 76.4. The van der Waals surface area contributed by atoms with Crippen LogP contribution in [0.3, 0.4) is 0 Å². The fourth-order valence-corrected chi connectivity index (χ4v) is 6.51. The maximum absolute atomic E-state index is 12.8. The molecule has 0 spiro atoms. The molecule has 4 N–H and O–H groups in total. The zero-order valence-corrected chi connectivity index (χ0v) is 33.1. The van der Waals surface area contributed by atoms with E-state index >= 15 is 0 Å². The van der Waals surface area contributed by atoms with Crippen LogP contribution >= 0.6 is 47.9 Å². The van der Waals surface area contributed by atoms with Gasteiger partial charge in [0.05, 0.1) is 26.4 Å². The van der Waals surface area contributed by atoms with E-state index in [1.807, 2.05) is 0 Å². The lowest BCUT2D eigenvalue weighted by molar-refractivity contribution is -0.148. The predicted octanol–water partition coefficient (Wildman–Crippen LogP) is 0.769. The first-order chi connectivity index (χ1) is 25.1. The molecule has 1 fully saturated rings. The minimum Gasteiger partial charge on any atom is -0.396 e. The van der Waals surface area contributed by atoms with E-state index in [2.05, 4.69) is 32.4 Å². The number of hydrogen-bond donors (Lipinski definition) is 5. The van der Waals surface area contributed by atoms with Gasteiger partial charge < -0.3 is 20.4 Å². The lowest BCUT2D eigenvalue weighted by Gasteiger charge is -2.35. The smallest absolute Gasteiger partial charge is 0.336 e. The van der Waals surface area contributed by atoms with Gasteiger partial charge in [-0.15, -0.1) is 19.7 Å². The normalized spacial score (nSPS) is 13.0. The lowest BCUT2D eigenvalue weighted by Crippen LogP contribution is -2.59. The Morgan fingerprint density at radius 1 is 0.558 bits per heavy atom. The number of aliphatic hydroxyl groups is 4. The minimum absolute atomic E-state index is 0.0882. The van der Waals surface area contributed by atoms with Crippen LogP contribution in [0.15, 0.2) is 52.3 Å². The summed E-state index contributed by atoms with van der Waals surface area (Å²) in [5.41, 5.74) is -1.72. The molecule has 0 atom stereocenters. The van der Waals surface area contributed by atoms with E-state index in [1.54, 1.807) is 35.3 Å². The number of allylic oxidation sites excluding steroid dienone is 1. The van der Waals surface area contributed by atoms with Crippen molar-refractivity contribution in [3.8, 4) is 0 Å². The van der Waals surface area contributed by atoms with Crippen molar-refractivity contribution in [2.45, 2.75) is 45.3 Å². The van der Waals surface area contributed by atoms with Gasteiger partial charge in [-0.2, -0.15) is 47.9 Å². The molecule has 52 heavy (non-hydrogen) atoms. The largest absolute Gasteiger partial charge is 0.396 e. The predicted molar refractivity (Wildman–Crippen MR) is 215 cm³/mol. The van der Waals surface area contributed by atoms with Gasteiger partial charge in [-0.3, -0.25) is 19.4 Å². The van der Waals surface area contributed by atoms with Gasteiger partial charge in [0.2, 0.25) is 11.8 Å². The number of amides is 4. The number of thioether (sulfide) groups is 3. The average molecular weight is 810 g/mol. The summed E-state index contributed by atoms with van der Waals surface area (Å²) in [5.74, 6) is 2.65. The molecule has 0 bridgehead atoms. The van der Waals surface area contributed by atoms with E-state index in [0.29, 0.717) is 59.5 Å². The molecule has 0 saturated carbocycles. The number of carbonyl (C=O) groups is 3. The van der Waals surface area contributed by atoms with E-state index in [4.69, 9.17) is 20.4 Å². The molecule has 296 valence electrons. The molecule has 2 rings (SSSR count). The van der Waals surface area contributed by atoms with Gasteiger partial charge in [0.1, 0.15) is 5.92 Å². The van der Waals surface area contributed by atoms with Crippen molar-refractivity contribution in [3.63, 3.8) is 0 Å². The van der Waals surface area contributed by atoms with E-state index in [0.717, 1.165) is 23.5 Å². The Morgan fingerprint density at radius 3 is 1.13 bits per heavy atom. The molecule has 4 amide bonds. The third kappa shape index (κ3) is 17.5. The number of imide groups is 2. The molecule has 15 nitrogen and oxygen atoms in total. The summed E-state index contributed by atoms with van der Waals surface area (Å²) >= 11 is 8.32.